The van der Waals surface area contributed by atoms with E-state index in [1.807, 2.05) is 31.7 Å². The number of rotatable bonds is 1. The molecule has 2 bridgehead atoms. The fraction of sp³-hybridized carbons (Fsp3) is 0.667. The highest BCUT2D eigenvalue weighted by atomic mass is 16.6. The van der Waals surface area contributed by atoms with Crippen LogP contribution in [0.3, 0.4) is 0 Å². The monoisotopic (exact) mass is 249 g/mol. The second-order valence-electron chi connectivity index (χ2n) is 6.24. The maximum absolute atomic E-state index is 12.2. The summed E-state index contributed by atoms with van der Waals surface area (Å²) in [7, 11) is 0. The van der Waals surface area contributed by atoms with Crippen molar-refractivity contribution in [3.05, 3.63) is 24.3 Å². The predicted octanol–water partition coefficient (Wildman–Crippen LogP) is 3.66. The van der Waals surface area contributed by atoms with Crippen molar-refractivity contribution in [3.8, 4) is 0 Å². The van der Waals surface area contributed by atoms with Crippen LogP contribution in [0.25, 0.3) is 0 Å². The van der Waals surface area contributed by atoms with Gasteiger partial charge in [-0.15, -0.1) is 0 Å². The Hall–Kier alpha value is -1.25. The first kappa shape index (κ1) is 13.2. The summed E-state index contributed by atoms with van der Waals surface area (Å²) in [5.41, 5.74) is 1.01. The van der Waals surface area contributed by atoms with Crippen LogP contribution < -0.4 is 0 Å². The topological polar surface area (TPSA) is 29.5 Å². The molecule has 0 N–H and O–H groups in total. The summed E-state index contributed by atoms with van der Waals surface area (Å²) < 4.78 is 5.50. The highest BCUT2D eigenvalue weighted by Crippen LogP contribution is 2.39. The molecular weight excluding hydrogens is 226 g/mol. The van der Waals surface area contributed by atoms with Crippen molar-refractivity contribution in [2.24, 2.45) is 0 Å². The summed E-state index contributed by atoms with van der Waals surface area (Å²) in [4.78, 5) is 14.2. The molecule has 2 fully saturated rings. The second kappa shape index (κ2) is 4.79. The Kier molecular flexibility index (Phi) is 3.51. The van der Waals surface area contributed by atoms with Gasteiger partial charge in [0, 0.05) is 12.1 Å². The normalized spacial score (nSPS) is 27.1. The molecule has 0 saturated carbocycles. The van der Waals surface area contributed by atoms with Crippen LogP contribution in [0.5, 0.6) is 0 Å². The molecule has 100 valence electrons. The standard InChI is InChI=1S/C15H23NO2/c1-5-6-11-9-12-7-8-13(10-11)16(12)14(17)18-15(2,3)4/h5-6,12-13H,1,7-10H2,2-4H3. The number of piperidine rings is 1. The zero-order chi connectivity index (χ0) is 13.3. The number of ether oxygens (including phenoxy) is 1. The van der Waals surface area contributed by atoms with Crippen LogP contribution in [0.1, 0.15) is 46.5 Å². The molecule has 2 aliphatic heterocycles. The van der Waals surface area contributed by atoms with Crippen molar-refractivity contribution in [2.45, 2.75) is 64.1 Å². The van der Waals surface area contributed by atoms with Gasteiger partial charge in [0.05, 0.1) is 0 Å². The van der Waals surface area contributed by atoms with Gasteiger partial charge in [-0.2, -0.15) is 0 Å². The minimum Gasteiger partial charge on any atom is -0.444 e. The lowest BCUT2D eigenvalue weighted by Crippen LogP contribution is -2.46. The van der Waals surface area contributed by atoms with Crippen LogP contribution in [0.2, 0.25) is 0 Å². The van der Waals surface area contributed by atoms with Crippen molar-refractivity contribution < 1.29 is 9.53 Å². The molecule has 2 unspecified atom stereocenters. The average Bonchev–Trinajstić information content (AvgIpc) is 2.49. The van der Waals surface area contributed by atoms with E-state index in [4.69, 9.17) is 4.74 Å². The molecule has 0 spiro atoms. The average molecular weight is 249 g/mol. The largest absolute Gasteiger partial charge is 0.444 e. The number of hydrogen-bond acceptors (Lipinski definition) is 2. The van der Waals surface area contributed by atoms with Gasteiger partial charge in [-0.3, -0.25) is 0 Å². The lowest BCUT2D eigenvalue weighted by atomic mass is 9.97. The smallest absolute Gasteiger partial charge is 0.410 e. The van der Waals surface area contributed by atoms with Crippen LogP contribution in [-0.4, -0.2) is 28.7 Å². The van der Waals surface area contributed by atoms with E-state index in [0.717, 1.165) is 25.7 Å². The number of hydrogen-bond donors (Lipinski definition) is 0. The highest BCUT2D eigenvalue weighted by Gasteiger charge is 2.42. The quantitative estimate of drug-likeness (QED) is 0.709. The summed E-state index contributed by atoms with van der Waals surface area (Å²) in [6.45, 7) is 9.50. The third kappa shape index (κ3) is 2.77. The van der Waals surface area contributed by atoms with Crippen LogP contribution >= 0.6 is 0 Å². The van der Waals surface area contributed by atoms with E-state index in [0.29, 0.717) is 12.1 Å². The maximum atomic E-state index is 12.2. The van der Waals surface area contributed by atoms with Crippen molar-refractivity contribution in [1.29, 1.82) is 0 Å². The Bertz CT molecular complexity index is 362. The Morgan fingerprint density at radius 2 is 1.89 bits per heavy atom. The number of carbonyl (C=O) groups is 1. The summed E-state index contributed by atoms with van der Waals surface area (Å²) in [5, 5.41) is 0. The number of amides is 1. The third-order valence-electron chi connectivity index (χ3n) is 3.57. The van der Waals surface area contributed by atoms with Crippen LogP contribution in [0.15, 0.2) is 24.3 Å². The van der Waals surface area contributed by atoms with E-state index in [1.54, 1.807) is 0 Å². The SMILES string of the molecule is C=CC=C1CC2CCC(C1)N2C(=O)OC(C)(C)C. The zero-order valence-electron chi connectivity index (χ0n) is 11.6. The Balaban J connectivity index is 2.07. The van der Waals surface area contributed by atoms with Crippen LogP contribution in [-0.2, 0) is 4.74 Å². The second-order valence-corrected chi connectivity index (χ2v) is 6.24. The van der Waals surface area contributed by atoms with Gasteiger partial charge < -0.3 is 9.64 Å². The van der Waals surface area contributed by atoms with Gasteiger partial charge in [0.1, 0.15) is 5.60 Å². The number of fused-ring (bicyclic) bond motifs is 2. The minimum atomic E-state index is -0.409. The van der Waals surface area contributed by atoms with Gasteiger partial charge in [-0.1, -0.05) is 24.3 Å². The number of allylic oxidation sites excluding steroid dienone is 2. The van der Waals surface area contributed by atoms with Crippen molar-refractivity contribution >= 4 is 6.09 Å². The van der Waals surface area contributed by atoms with E-state index in [-0.39, 0.29) is 6.09 Å². The first-order valence-electron chi connectivity index (χ1n) is 6.72. The Labute approximate surface area is 109 Å². The first-order valence-corrected chi connectivity index (χ1v) is 6.72. The van der Waals surface area contributed by atoms with E-state index < -0.39 is 5.60 Å². The molecule has 1 amide bonds. The van der Waals surface area contributed by atoms with Gasteiger partial charge in [0.25, 0.3) is 0 Å². The molecule has 18 heavy (non-hydrogen) atoms. The summed E-state index contributed by atoms with van der Waals surface area (Å²) in [6.07, 6.45) is 7.93. The Morgan fingerprint density at radius 3 is 2.33 bits per heavy atom. The predicted molar refractivity (Wildman–Crippen MR) is 72.4 cm³/mol. The van der Waals surface area contributed by atoms with Gasteiger partial charge in [0.2, 0.25) is 0 Å². The molecule has 0 aromatic rings. The molecule has 3 heteroatoms. The highest BCUT2D eigenvalue weighted by molar-refractivity contribution is 5.70. The van der Waals surface area contributed by atoms with Crippen LogP contribution in [0.4, 0.5) is 4.79 Å². The fourth-order valence-corrected chi connectivity index (χ4v) is 2.97. The number of carbonyl (C=O) groups excluding carboxylic acids is 1. The molecule has 0 radical (unpaired) electrons. The molecule has 2 saturated heterocycles. The lowest BCUT2D eigenvalue weighted by molar-refractivity contribution is 0.0115. The summed E-state index contributed by atoms with van der Waals surface area (Å²) in [5.74, 6) is 0. The molecule has 2 heterocycles. The van der Waals surface area contributed by atoms with E-state index in [9.17, 15) is 4.79 Å². The van der Waals surface area contributed by atoms with E-state index >= 15 is 0 Å². The first-order chi connectivity index (χ1) is 8.40. The molecule has 2 aliphatic rings. The summed E-state index contributed by atoms with van der Waals surface area (Å²) in [6, 6.07) is 0.648. The molecule has 3 nitrogen and oxygen atoms in total. The molecule has 2 rings (SSSR count). The zero-order valence-corrected chi connectivity index (χ0v) is 11.6. The molecule has 2 atom stereocenters. The third-order valence-corrected chi connectivity index (χ3v) is 3.57. The van der Waals surface area contributed by atoms with Gasteiger partial charge in [0.15, 0.2) is 0 Å². The number of nitrogens with zero attached hydrogens (tertiary/aromatic N) is 1. The van der Waals surface area contributed by atoms with Gasteiger partial charge >= 0.3 is 6.09 Å². The van der Waals surface area contributed by atoms with Crippen molar-refractivity contribution in [2.75, 3.05) is 0 Å². The van der Waals surface area contributed by atoms with Crippen molar-refractivity contribution in [3.63, 3.8) is 0 Å². The van der Waals surface area contributed by atoms with Crippen molar-refractivity contribution in [1.82, 2.24) is 4.90 Å². The minimum absolute atomic E-state index is 0.146. The maximum Gasteiger partial charge on any atom is 0.410 e. The summed E-state index contributed by atoms with van der Waals surface area (Å²) >= 11 is 0. The molecule has 0 aromatic carbocycles. The van der Waals surface area contributed by atoms with Gasteiger partial charge in [-0.25, -0.2) is 4.79 Å². The molecule has 0 aliphatic carbocycles. The van der Waals surface area contributed by atoms with E-state index in [2.05, 4.69) is 12.7 Å². The van der Waals surface area contributed by atoms with E-state index in [1.165, 1.54) is 5.57 Å². The Morgan fingerprint density at radius 1 is 1.33 bits per heavy atom. The fourth-order valence-electron chi connectivity index (χ4n) is 2.97. The van der Waals surface area contributed by atoms with Crippen LogP contribution in [0, 0.1) is 0 Å². The van der Waals surface area contributed by atoms with Gasteiger partial charge in [-0.05, 0) is 46.5 Å². The molecule has 0 aromatic heterocycles. The molecular formula is C15H23NO2. The lowest BCUT2D eigenvalue weighted by Gasteiger charge is -2.37.